The summed E-state index contributed by atoms with van der Waals surface area (Å²) in [6.07, 6.45) is 0. The Bertz CT molecular complexity index is 803. The summed E-state index contributed by atoms with van der Waals surface area (Å²) in [5.74, 6) is 0.691. The summed E-state index contributed by atoms with van der Waals surface area (Å²) in [7, 11) is 0. The number of ether oxygens (including phenoxy) is 1. The number of quaternary nitrogens is 1. The molecule has 29 heavy (non-hydrogen) atoms. The zero-order valence-electron chi connectivity index (χ0n) is 18.7. The van der Waals surface area contributed by atoms with Crippen LogP contribution in [0.4, 0.5) is 0 Å². The highest BCUT2D eigenvalue weighted by Gasteiger charge is 2.33. The van der Waals surface area contributed by atoms with Gasteiger partial charge in [-0.3, -0.25) is 0 Å². The molecule has 158 valence electrons. The minimum absolute atomic E-state index is 0.127. The van der Waals surface area contributed by atoms with Gasteiger partial charge in [0, 0.05) is 22.3 Å². The Kier molecular flexibility index (Phi) is 5.98. The van der Waals surface area contributed by atoms with Crippen molar-refractivity contribution in [3.05, 3.63) is 58.7 Å². The molecule has 3 N–H and O–H groups in total. The lowest BCUT2D eigenvalue weighted by atomic mass is 9.77. The number of phenolic OH excluding ortho intramolecular Hbond substituents is 2. The topological polar surface area (TPSA) is 54.1 Å². The van der Waals surface area contributed by atoms with Crippen molar-refractivity contribution >= 4 is 0 Å². The molecule has 0 amide bonds. The van der Waals surface area contributed by atoms with E-state index in [4.69, 9.17) is 4.74 Å². The third kappa shape index (κ3) is 4.76. The number of phenols is 2. The van der Waals surface area contributed by atoms with Crippen LogP contribution < -0.4 is 4.90 Å². The Morgan fingerprint density at radius 2 is 1.28 bits per heavy atom. The largest absolute Gasteiger partial charge is 0.508 e. The molecule has 0 aromatic heterocycles. The lowest BCUT2D eigenvalue weighted by Gasteiger charge is -2.34. The van der Waals surface area contributed by atoms with Gasteiger partial charge in [0.25, 0.3) is 0 Å². The fraction of sp³-hybridized carbons (Fsp3) is 0.520. The smallest absolute Gasteiger partial charge is 0.139 e. The van der Waals surface area contributed by atoms with Crippen LogP contribution in [0.2, 0.25) is 0 Å². The molecule has 0 saturated carbocycles. The molecule has 4 nitrogen and oxygen atoms in total. The Labute approximate surface area is 175 Å². The Balaban J connectivity index is 2.22. The predicted octanol–water partition coefficient (Wildman–Crippen LogP) is 3.70. The lowest BCUT2D eigenvalue weighted by molar-refractivity contribution is -0.933. The summed E-state index contributed by atoms with van der Waals surface area (Å²) in [6, 6.07) is 12.1. The maximum Gasteiger partial charge on any atom is 0.139 e. The van der Waals surface area contributed by atoms with Crippen LogP contribution in [0.5, 0.6) is 11.5 Å². The van der Waals surface area contributed by atoms with Crippen molar-refractivity contribution in [1.29, 1.82) is 0 Å². The second-order valence-corrected chi connectivity index (χ2v) is 10.3. The van der Waals surface area contributed by atoms with Crippen LogP contribution >= 0.6 is 0 Å². The van der Waals surface area contributed by atoms with Gasteiger partial charge in [0.15, 0.2) is 0 Å². The average molecular weight is 399 g/mol. The zero-order valence-corrected chi connectivity index (χ0v) is 18.7. The predicted molar refractivity (Wildman–Crippen MR) is 117 cm³/mol. The number of hydrogen-bond acceptors (Lipinski definition) is 3. The molecule has 0 unspecified atom stereocenters. The van der Waals surface area contributed by atoms with Gasteiger partial charge in [0.1, 0.15) is 30.6 Å². The first kappa shape index (κ1) is 21.7. The number of aromatic hydroxyl groups is 2. The van der Waals surface area contributed by atoms with E-state index in [1.807, 2.05) is 12.1 Å². The molecular formula is C25H36NO3+. The van der Waals surface area contributed by atoms with E-state index >= 15 is 0 Å². The second-order valence-electron chi connectivity index (χ2n) is 10.3. The molecule has 2 aromatic rings. The lowest BCUT2D eigenvalue weighted by Crippen LogP contribution is -3.14. The van der Waals surface area contributed by atoms with Crippen LogP contribution in [0.15, 0.2) is 36.4 Å². The van der Waals surface area contributed by atoms with Crippen molar-refractivity contribution in [2.24, 2.45) is 0 Å². The number of benzene rings is 2. The number of morpholine rings is 1. The summed E-state index contributed by atoms with van der Waals surface area (Å²) in [5.41, 5.74) is 4.01. The highest BCUT2D eigenvalue weighted by Crippen LogP contribution is 2.41. The molecule has 0 bridgehead atoms. The highest BCUT2D eigenvalue weighted by atomic mass is 16.5. The van der Waals surface area contributed by atoms with Crippen molar-refractivity contribution < 1.29 is 19.8 Å². The van der Waals surface area contributed by atoms with Crippen LogP contribution in [0.1, 0.15) is 69.8 Å². The summed E-state index contributed by atoms with van der Waals surface area (Å²) in [4.78, 5) is 1.45. The summed E-state index contributed by atoms with van der Waals surface area (Å²) >= 11 is 0. The van der Waals surface area contributed by atoms with E-state index < -0.39 is 0 Å². The molecule has 0 aliphatic carbocycles. The van der Waals surface area contributed by atoms with E-state index in [2.05, 4.69) is 53.7 Å². The molecule has 2 aromatic carbocycles. The third-order valence-corrected chi connectivity index (χ3v) is 5.85. The Hall–Kier alpha value is -2.04. The molecule has 1 saturated heterocycles. The molecule has 4 heteroatoms. The summed E-state index contributed by atoms with van der Waals surface area (Å²) < 4.78 is 5.61. The van der Waals surface area contributed by atoms with Crippen LogP contribution in [-0.2, 0) is 15.6 Å². The van der Waals surface area contributed by atoms with E-state index in [0.717, 1.165) is 37.4 Å². The maximum atomic E-state index is 11.1. The van der Waals surface area contributed by atoms with E-state index in [-0.39, 0.29) is 22.6 Å². The van der Waals surface area contributed by atoms with Gasteiger partial charge in [-0.1, -0.05) is 41.5 Å². The molecule has 3 rings (SSSR count). The highest BCUT2D eigenvalue weighted by molar-refractivity contribution is 5.51. The number of nitrogens with one attached hydrogen (secondary N) is 1. The van der Waals surface area contributed by atoms with Gasteiger partial charge < -0.3 is 19.8 Å². The first-order valence-corrected chi connectivity index (χ1v) is 10.6. The van der Waals surface area contributed by atoms with Crippen LogP contribution in [-0.4, -0.2) is 36.5 Å². The van der Waals surface area contributed by atoms with E-state index in [1.54, 1.807) is 12.1 Å². The molecule has 0 radical (unpaired) electrons. The first-order chi connectivity index (χ1) is 13.5. The Morgan fingerprint density at radius 3 is 1.72 bits per heavy atom. The van der Waals surface area contributed by atoms with Crippen molar-refractivity contribution in [3.63, 3.8) is 0 Å². The van der Waals surface area contributed by atoms with Gasteiger partial charge >= 0.3 is 0 Å². The van der Waals surface area contributed by atoms with E-state index in [1.165, 1.54) is 16.0 Å². The van der Waals surface area contributed by atoms with Crippen molar-refractivity contribution in [1.82, 2.24) is 0 Å². The molecular weight excluding hydrogens is 362 g/mol. The summed E-state index contributed by atoms with van der Waals surface area (Å²) in [6.45, 7) is 16.3. The average Bonchev–Trinajstić information content (AvgIpc) is 2.63. The van der Waals surface area contributed by atoms with Crippen molar-refractivity contribution in [2.45, 2.75) is 58.4 Å². The molecule has 1 fully saturated rings. The minimum Gasteiger partial charge on any atom is -0.508 e. The van der Waals surface area contributed by atoms with Gasteiger partial charge in [-0.05, 0) is 47.2 Å². The fourth-order valence-electron chi connectivity index (χ4n) is 4.22. The molecule has 1 aliphatic heterocycles. The van der Waals surface area contributed by atoms with Crippen LogP contribution in [0.25, 0.3) is 0 Å². The van der Waals surface area contributed by atoms with Gasteiger partial charge in [-0.25, -0.2) is 0 Å². The molecule has 0 spiro atoms. The minimum atomic E-state index is -0.167. The quantitative estimate of drug-likeness (QED) is 0.739. The first-order valence-electron chi connectivity index (χ1n) is 10.6. The third-order valence-electron chi connectivity index (χ3n) is 5.85. The molecule has 1 heterocycles. The van der Waals surface area contributed by atoms with E-state index in [9.17, 15) is 10.2 Å². The monoisotopic (exact) mass is 398 g/mol. The SMILES string of the molecule is CC(C)(C)c1cc([C@@H](c2ccc(O)cc2)[NH+]2CCOCC2)cc(C(C)(C)C)c1O. The van der Waals surface area contributed by atoms with E-state index in [0.29, 0.717) is 5.75 Å². The maximum absolute atomic E-state index is 11.1. The van der Waals surface area contributed by atoms with Gasteiger partial charge in [0.2, 0.25) is 0 Å². The fourth-order valence-corrected chi connectivity index (χ4v) is 4.22. The van der Waals surface area contributed by atoms with Crippen molar-refractivity contribution in [3.8, 4) is 11.5 Å². The van der Waals surface area contributed by atoms with Crippen molar-refractivity contribution in [2.75, 3.05) is 26.3 Å². The number of rotatable bonds is 3. The zero-order chi connectivity index (χ0) is 21.4. The van der Waals surface area contributed by atoms with Crippen LogP contribution in [0, 0.1) is 0 Å². The van der Waals surface area contributed by atoms with Crippen LogP contribution in [0.3, 0.4) is 0 Å². The van der Waals surface area contributed by atoms with Gasteiger partial charge in [0.05, 0.1) is 13.2 Å². The standard InChI is InChI=1S/C25H35NO3/c1-24(2,3)20-15-18(16-21(23(20)28)25(4,5)6)22(26-11-13-29-14-12-26)17-7-9-19(27)10-8-17/h7-10,15-16,22,27-28H,11-14H2,1-6H3/p+1/t22-/m1/s1. The Morgan fingerprint density at radius 1 is 0.793 bits per heavy atom. The van der Waals surface area contributed by atoms with Gasteiger partial charge in [-0.15, -0.1) is 0 Å². The van der Waals surface area contributed by atoms with Gasteiger partial charge in [-0.2, -0.15) is 0 Å². The summed E-state index contributed by atoms with van der Waals surface area (Å²) in [5, 5.41) is 20.9. The second kappa shape index (κ2) is 8.00. The molecule has 1 aliphatic rings. The molecule has 1 atom stereocenters. The number of hydrogen-bond donors (Lipinski definition) is 3. The normalized spacial score (nSPS) is 17.3.